The van der Waals surface area contributed by atoms with Gasteiger partial charge >= 0.3 is 11.7 Å². The Hall–Kier alpha value is -2.18. The monoisotopic (exact) mass is 265 g/mol. The second-order valence-corrected chi connectivity index (χ2v) is 4.50. The molecule has 0 amide bonds. The second-order valence-electron chi connectivity index (χ2n) is 4.50. The predicted molar refractivity (Wildman–Crippen MR) is 68.1 cm³/mol. The van der Waals surface area contributed by atoms with E-state index in [2.05, 4.69) is 4.98 Å². The van der Waals surface area contributed by atoms with Gasteiger partial charge in [0.15, 0.2) is 0 Å². The van der Waals surface area contributed by atoms with E-state index in [0.717, 1.165) is 19.3 Å². The Morgan fingerprint density at radius 1 is 1.47 bits per heavy atom. The van der Waals surface area contributed by atoms with Gasteiger partial charge in [-0.05, 0) is 18.9 Å². The number of carbonyl (C=O) groups is 1. The van der Waals surface area contributed by atoms with Crippen LogP contribution >= 0.6 is 0 Å². The van der Waals surface area contributed by atoms with E-state index >= 15 is 0 Å². The summed E-state index contributed by atoms with van der Waals surface area (Å²) < 4.78 is 0. The molecule has 1 unspecified atom stereocenters. The van der Waals surface area contributed by atoms with Gasteiger partial charge < -0.3 is 10.0 Å². The number of anilines is 1. The van der Waals surface area contributed by atoms with Crippen LogP contribution in [0.25, 0.3) is 0 Å². The van der Waals surface area contributed by atoms with Gasteiger partial charge in [0, 0.05) is 18.8 Å². The van der Waals surface area contributed by atoms with Crippen molar-refractivity contribution in [3.05, 3.63) is 28.4 Å². The third-order valence-electron chi connectivity index (χ3n) is 3.27. The van der Waals surface area contributed by atoms with E-state index in [1.54, 1.807) is 4.90 Å². The fraction of sp³-hybridized carbons (Fsp3) is 0.500. The molecule has 0 aliphatic carbocycles. The quantitative estimate of drug-likeness (QED) is 0.661. The van der Waals surface area contributed by atoms with Gasteiger partial charge in [0.1, 0.15) is 6.04 Å². The normalized spacial score (nSPS) is 19.8. The van der Waals surface area contributed by atoms with Crippen molar-refractivity contribution in [2.24, 2.45) is 0 Å². The average Bonchev–Trinajstić information content (AvgIpc) is 2.64. The Balaban J connectivity index is 2.41. The van der Waals surface area contributed by atoms with Gasteiger partial charge in [-0.25, -0.2) is 9.78 Å². The van der Waals surface area contributed by atoms with Crippen molar-refractivity contribution in [1.29, 1.82) is 0 Å². The number of aliphatic carboxylic acids is 1. The summed E-state index contributed by atoms with van der Waals surface area (Å²) in [7, 11) is 0. The molecule has 0 bridgehead atoms. The number of aromatic nitrogens is 1. The van der Waals surface area contributed by atoms with Crippen LogP contribution in [0, 0.1) is 10.1 Å². The summed E-state index contributed by atoms with van der Waals surface area (Å²) in [5.41, 5.74) is -0.143. The Morgan fingerprint density at radius 3 is 2.95 bits per heavy atom. The lowest BCUT2D eigenvalue weighted by molar-refractivity contribution is -0.384. The predicted octanol–water partition coefficient (Wildman–Crippen LogP) is 1.82. The molecular formula is C12H15N3O4. The van der Waals surface area contributed by atoms with Gasteiger partial charge in [0.2, 0.25) is 5.82 Å². The zero-order chi connectivity index (χ0) is 13.8. The summed E-state index contributed by atoms with van der Waals surface area (Å²) in [6.07, 6.45) is 4.50. The minimum Gasteiger partial charge on any atom is -0.480 e. The fourth-order valence-corrected chi connectivity index (χ4v) is 2.37. The summed E-state index contributed by atoms with van der Waals surface area (Å²) >= 11 is 0. The zero-order valence-corrected chi connectivity index (χ0v) is 10.4. The summed E-state index contributed by atoms with van der Waals surface area (Å²) in [5.74, 6) is -0.802. The minimum absolute atomic E-state index is 0.143. The molecule has 1 aliphatic heterocycles. The van der Waals surface area contributed by atoms with Gasteiger partial charge in [0.25, 0.3) is 0 Å². The van der Waals surface area contributed by atoms with Crippen LogP contribution in [-0.4, -0.2) is 33.6 Å². The van der Waals surface area contributed by atoms with Crippen LogP contribution < -0.4 is 4.90 Å². The molecule has 7 heteroatoms. The standard InChI is InChI=1S/C12H15N3O4/c16-12(17)10-5-2-1-3-8-14(10)11-9(15(18)19)6-4-7-13-11/h4,6-7,10H,1-3,5,8H2,(H,16,17). The molecule has 1 aliphatic rings. The van der Waals surface area contributed by atoms with Crippen molar-refractivity contribution in [3.8, 4) is 0 Å². The number of hydrogen-bond acceptors (Lipinski definition) is 5. The Bertz CT molecular complexity index is 492. The summed E-state index contributed by atoms with van der Waals surface area (Å²) in [6.45, 7) is 0.481. The lowest BCUT2D eigenvalue weighted by atomic mass is 10.1. The molecule has 1 atom stereocenters. The first-order chi connectivity index (χ1) is 9.11. The van der Waals surface area contributed by atoms with Crippen LogP contribution in [0.15, 0.2) is 18.3 Å². The highest BCUT2D eigenvalue weighted by Crippen LogP contribution is 2.30. The first-order valence-corrected chi connectivity index (χ1v) is 6.20. The van der Waals surface area contributed by atoms with Crippen molar-refractivity contribution in [3.63, 3.8) is 0 Å². The van der Waals surface area contributed by atoms with E-state index in [0.29, 0.717) is 13.0 Å². The van der Waals surface area contributed by atoms with Crippen molar-refractivity contribution in [2.75, 3.05) is 11.4 Å². The molecule has 102 valence electrons. The average molecular weight is 265 g/mol. The van der Waals surface area contributed by atoms with Crippen molar-refractivity contribution in [1.82, 2.24) is 4.98 Å². The van der Waals surface area contributed by atoms with E-state index in [1.807, 2.05) is 0 Å². The molecule has 2 heterocycles. The maximum absolute atomic E-state index is 11.3. The number of nitrogens with zero attached hydrogens (tertiary/aromatic N) is 3. The third kappa shape index (κ3) is 2.81. The Kier molecular flexibility index (Phi) is 3.94. The van der Waals surface area contributed by atoms with E-state index in [4.69, 9.17) is 0 Å². The van der Waals surface area contributed by atoms with Crippen LogP contribution in [0.3, 0.4) is 0 Å². The van der Waals surface area contributed by atoms with Crippen molar-refractivity contribution < 1.29 is 14.8 Å². The minimum atomic E-state index is -0.957. The molecule has 0 radical (unpaired) electrons. The number of carboxylic acid groups (broad SMARTS) is 1. The number of nitro groups is 1. The highest BCUT2D eigenvalue weighted by molar-refractivity contribution is 5.79. The summed E-state index contributed by atoms with van der Waals surface area (Å²) in [4.78, 5) is 27.4. The Morgan fingerprint density at radius 2 is 2.26 bits per heavy atom. The summed E-state index contributed by atoms with van der Waals surface area (Å²) in [5, 5.41) is 20.3. The molecule has 1 aromatic heterocycles. The van der Waals surface area contributed by atoms with Crippen LogP contribution in [0.4, 0.5) is 11.5 Å². The molecule has 0 spiro atoms. The maximum Gasteiger partial charge on any atom is 0.326 e. The molecule has 1 fully saturated rings. The third-order valence-corrected chi connectivity index (χ3v) is 3.27. The maximum atomic E-state index is 11.3. The highest BCUT2D eigenvalue weighted by Gasteiger charge is 2.32. The second kappa shape index (κ2) is 5.64. The molecule has 19 heavy (non-hydrogen) atoms. The Labute approximate surface area is 110 Å². The van der Waals surface area contributed by atoms with E-state index < -0.39 is 16.9 Å². The number of hydrogen-bond donors (Lipinski definition) is 1. The van der Waals surface area contributed by atoms with Gasteiger partial charge in [-0.1, -0.05) is 12.8 Å². The number of rotatable bonds is 3. The molecule has 0 aromatic carbocycles. The van der Waals surface area contributed by atoms with Gasteiger partial charge in [0.05, 0.1) is 4.92 Å². The largest absolute Gasteiger partial charge is 0.480 e. The fourth-order valence-electron chi connectivity index (χ4n) is 2.37. The molecule has 2 rings (SSSR count). The number of pyridine rings is 1. The van der Waals surface area contributed by atoms with Crippen LogP contribution in [0.2, 0.25) is 0 Å². The zero-order valence-electron chi connectivity index (χ0n) is 10.4. The van der Waals surface area contributed by atoms with Gasteiger partial charge in [-0.3, -0.25) is 10.1 Å². The SMILES string of the molecule is O=C(O)C1CCCCCN1c1ncccc1[N+](=O)[O-]. The molecule has 1 aromatic rings. The first-order valence-electron chi connectivity index (χ1n) is 6.20. The molecule has 7 nitrogen and oxygen atoms in total. The topological polar surface area (TPSA) is 96.6 Å². The molecule has 1 saturated heterocycles. The highest BCUT2D eigenvalue weighted by atomic mass is 16.6. The van der Waals surface area contributed by atoms with Crippen LogP contribution in [0.1, 0.15) is 25.7 Å². The van der Waals surface area contributed by atoms with Crippen LogP contribution in [0.5, 0.6) is 0 Å². The van der Waals surface area contributed by atoms with Crippen molar-refractivity contribution in [2.45, 2.75) is 31.7 Å². The lowest BCUT2D eigenvalue weighted by Gasteiger charge is -2.27. The molecule has 1 N–H and O–H groups in total. The summed E-state index contributed by atoms with van der Waals surface area (Å²) in [6, 6.07) is 2.09. The first kappa shape index (κ1) is 13.3. The number of carboxylic acids is 1. The van der Waals surface area contributed by atoms with E-state index in [9.17, 15) is 20.0 Å². The lowest BCUT2D eigenvalue weighted by Crippen LogP contribution is -2.41. The van der Waals surface area contributed by atoms with Crippen molar-refractivity contribution >= 4 is 17.5 Å². The van der Waals surface area contributed by atoms with Gasteiger partial charge in [-0.15, -0.1) is 0 Å². The van der Waals surface area contributed by atoms with E-state index in [1.165, 1.54) is 18.3 Å². The van der Waals surface area contributed by atoms with Gasteiger partial charge in [-0.2, -0.15) is 0 Å². The smallest absolute Gasteiger partial charge is 0.326 e. The molecular weight excluding hydrogens is 250 g/mol. The molecule has 0 saturated carbocycles. The van der Waals surface area contributed by atoms with Crippen LogP contribution in [-0.2, 0) is 4.79 Å². The van der Waals surface area contributed by atoms with E-state index in [-0.39, 0.29) is 11.5 Å².